The summed E-state index contributed by atoms with van der Waals surface area (Å²) < 4.78 is 22.6. The SMILES string of the molecule is CCP(=O)(OC)Oc1cccc2ccccc12. The van der Waals surface area contributed by atoms with Crippen molar-refractivity contribution < 1.29 is 13.6 Å². The monoisotopic (exact) mass is 250 g/mol. The average molecular weight is 250 g/mol. The van der Waals surface area contributed by atoms with E-state index in [1.54, 1.807) is 6.92 Å². The van der Waals surface area contributed by atoms with Crippen molar-refractivity contribution in [1.82, 2.24) is 0 Å². The van der Waals surface area contributed by atoms with Crippen LogP contribution in [0.15, 0.2) is 42.5 Å². The molecule has 1 atom stereocenters. The standard InChI is InChI=1S/C13H15O3P/c1-3-17(14,15-2)16-13-10-6-8-11-7-4-5-9-12(11)13/h4-10H,3H2,1-2H3. The Labute approximate surface area is 101 Å². The maximum atomic E-state index is 12.1. The van der Waals surface area contributed by atoms with Gasteiger partial charge in [-0.05, 0) is 11.5 Å². The predicted octanol–water partition coefficient (Wildman–Crippen LogP) is 4.08. The summed E-state index contributed by atoms with van der Waals surface area (Å²) in [4.78, 5) is 0. The molecular formula is C13H15O3P. The Morgan fingerprint density at radius 3 is 2.53 bits per heavy atom. The molecule has 0 saturated carbocycles. The van der Waals surface area contributed by atoms with Crippen LogP contribution in [0, 0.1) is 0 Å². The molecule has 17 heavy (non-hydrogen) atoms. The fraction of sp³-hybridized carbons (Fsp3) is 0.231. The van der Waals surface area contributed by atoms with Crippen LogP contribution in [-0.2, 0) is 9.09 Å². The molecule has 0 heterocycles. The van der Waals surface area contributed by atoms with Crippen molar-refractivity contribution in [1.29, 1.82) is 0 Å². The van der Waals surface area contributed by atoms with E-state index in [1.807, 2.05) is 42.5 Å². The number of benzene rings is 2. The second-order valence-electron chi connectivity index (χ2n) is 3.68. The van der Waals surface area contributed by atoms with Gasteiger partial charge in [0.15, 0.2) is 0 Å². The molecule has 2 aromatic rings. The second-order valence-corrected chi connectivity index (χ2v) is 6.08. The maximum Gasteiger partial charge on any atom is 0.378 e. The molecule has 2 aromatic carbocycles. The van der Waals surface area contributed by atoms with Crippen molar-refractivity contribution in [2.24, 2.45) is 0 Å². The van der Waals surface area contributed by atoms with Crippen LogP contribution in [0.2, 0.25) is 0 Å². The maximum absolute atomic E-state index is 12.1. The van der Waals surface area contributed by atoms with Crippen molar-refractivity contribution in [2.75, 3.05) is 13.3 Å². The molecule has 0 aliphatic carbocycles. The highest BCUT2D eigenvalue weighted by Crippen LogP contribution is 2.48. The molecule has 0 fully saturated rings. The topological polar surface area (TPSA) is 35.5 Å². The van der Waals surface area contributed by atoms with Crippen LogP contribution in [0.3, 0.4) is 0 Å². The van der Waals surface area contributed by atoms with Crippen LogP contribution in [0.25, 0.3) is 10.8 Å². The molecule has 0 saturated heterocycles. The molecule has 4 heteroatoms. The van der Waals surface area contributed by atoms with Gasteiger partial charge < -0.3 is 9.05 Å². The number of fused-ring (bicyclic) bond motifs is 1. The Balaban J connectivity index is 2.46. The van der Waals surface area contributed by atoms with E-state index in [-0.39, 0.29) is 0 Å². The van der Waals surface area contributed by atoms with E-state index < -0.39 is 7.60 Å². The highest BCUT2D eigenvalue weighted by atomic mass is 31.2. The van der Waals surface area contributed by atoms with E-state index >= 15 is 0 Å². The van der Waals surface area contributed by atoms with Crippen molar-refractivity contribution in [3.63, 3.8) is 0 Å². The molecule has 0 amide bonds. The summed E-state index contributed by atoms with van der Waals surface area (Å²) in [7, 11) is -1.60. The molecule has 0 aliphatic rings. The van der Waals surface area contributed by atoms with Gasteiger partial charge in [0.25, 0.3) is 0 Å². The third-order valence-corrected chi connectivity index (χ3v) is 4.46. The molecule has 1 unspecified atom stereocenters. The quantitative estimate of drug-likeness (QED) is 0.767. The van der Waals surface area contributed by atoms with Gasteiger partial charge in [0.1, 0.15) is 5.75 Å². The number of rotatable bonds is 4. The van der Waals surface area contributed by atoms with Gasteiger partial charge >= 0.3 is 7.60 Å². The molecule has 2 rings (SSSR count). The molecule has 0 bridgehead atoms. The fourth-order valence-electron chi connectivity index (χ4n) is 1.66. The van der Waals surface area contributed by atoms with Crippen LogP contribution in [0.1, 0.15) is 6.92 Å². The van der Waals surface area contributed by atoms with Gasteiger partial charge in [-0.25, -0.2) is 4.57 Å². The Morgan fingerprint density at radius 2 is 1.82 bits per heavy atom. The van der Waals surface area contributed by atoms with Crippen LogP contribution >= 0.6 is 7.60 Å². The summed E-state index contributed by atoms with van der Waals surface area (Å²) in [5.74, 6) is 0.607. The van der Waals surface area contributed by atoms with Crippen LogP contribution in [0.4, 0.5) is 0 Å². The van der Waals surface area contributed by atoms with E-state index in [0.29, 0.717) is 11.9 Å². The van der Waals surface area contributed by atoms with Gasteiger partial charge in [-0.2, -0.15) is 0 Å². The Kier molecular flexibility index (Phi) is 3.51. The summed E-state index contributed by atoms with van der Waals surface area (Å²) in [5.41, 5.74) is 0. The van der Waals surface area contributed by atoms with Gasteiger partial charge in [0.2, 0.25) is 0 Å². The van der Waals surface area contributed by atoms with Gasteiger partial charge in [-0.3, -0.25) is 0 Å². The minimum atomic E-state index is -3.01. The van der Waals surface area contributed by atoms with E-state index in [9.17, 15) is 4.57 Å². The molecule has 0 spiro atoms. The summed E-state index contributed by atoms with van der Waals surface area (Å²) in [5, 5.41) is 2.00. The zero-order chi connectivity index (χ0) is 12.3. The third-order valence-electron chi connectivity index (χ3n) is 2.65. The van der Waals surface area contributed by atoms with Crippen LogP contribution < -0.4 is 4.52 Å². The molecule has 0 radical (unpaired) electrons. The first kappa shape index (κ1) is 12.2. The van der Waals surface area contributed by atoms with Gasteiger partial charge in [0, 0.05) is 12.5 Å². The number of hydrogen-bond donors (Lipinski definition) is 0. The lowest BCUT2D eigenvalue weighted by molar-refractivity contribution is 0.324. The van der Waals surface area contributed by atoms with E-state index in [4.69, 9.17) is 9.05 Å². The van der Waals surface area contributed by atoms with Crippen molar-refractivity contribution >= 4 is 18.4 Å². The second kappa shape index (κ2) is 4.91. The molecule has 0 N–H and O–H groups in total. The zero-order valence-electron chi connectivity index (χ0n) is 9.92. The Bertz CT molecular complexity index is 552. The Morgan fingerprint density at radius 1 is 1.12 bits per heavy atom. The fourth-order valence-corrected chi connectivity index (χ4v) is 2.58. The minimum Gasteiger partial charge on any atom is -0.424 e. The molecule has 3 nitrogen and oxygen atoms in total. The van der Waals surface area contributed by atoms with Gasteiger partial charge in [-0.15, -0.1) is 0 Å². The first-order valence-electron chi connectivity index (χ1n) is 5.50. The largest absolute Gasteiger partial charge is 0.424 e. The van der Waals surface area contributed by atoms with E-state index in [1.165, 1.54) is 7.11 Å². The van der Waals surface area contributed by atoms with E-state index in [0.717, 1.165) is 10.8 Å². The van der Waals surface area contributed by atoms with Crippen LogP contribution in [0.5, 0.6) is 5.75 Å². The lowest BCUT2D eigenvalue weighted by Crippen LogP contribution is -1.98. The lowest BCUT2D eigenvalue weighted by Gasteiger charge is -2.16. The average Bonchev–Trinajstić information content (AvgIpc) is 2.39. The first-order valence-corrected chi connectivity index (χ1v) is 7.23. The molecule has 90 valence electrons. The van der Waals surface area contributed by atoms with Gasteiger partial charge in [-0.1, -0.05) is 43.3 Å². The minimum absolute atomic E-state index is 0.354. The predicted molar refractivity (Wildman–Crippen MR) is 69.7 cm³/mol. The highest BCUT2D eigenvalue weighted by molar-refractivity contribution is 7.54. The van der Waals surface area contributed by atoms with Crippen LogP contribution in [-0.4, -0.2) is 13.3 Å². The Hall–Kier alpha value is -1.31. The normalized spacial score (nSPS) is 14.5. The molecule has 0 aliphatic heterocycles. The van der Waals surface area contributed by atoms with Crippen molar-refractivity contribution in [2.45, 2.75) is 6.92 Å². The molecular weight excluding hydrogens is 235 g/mol. The van der Waals surface area contributed by atoms with Crippen molar-refractivity contribution in [3.05, 3.63) is 42.5 Å². The summed E-state index contributed by atoms with van der Waals surface area (Å²) >= 11 is 0. The van der Waals surface area contributed by atoms with E-state index in [2.05, 4.69) is 0 Å². The first-order chi connectivity index (χ1) is 8.18. The summed E-state index contributed by atoms with van der Waals surface area (Å²) in [6, 6.07) is 13.5. The van der Waals surface area contributed by atoms with Gasteiger partial charge in [0.05, 0.1) is 6.16 Å². The number of hydrogen-bond acceptors (Lipinski definition) is 3. The smallest absolute Gasteiger partial charge is 0.378 e. The molecule has 0 aromatic heterocycles. The summed E-state index contributed by atoms with van der Waals surface area (Å²) in [6.07, 6.45) is 0.354. The zero-order valence-corrected chi connectivity index (χ0v) is 10.8. The highest BCUT2D eigenvalue weighted by Gasteiger charge is 2.22. The lowest BCUT2D eigenvalue weighted by atomic mass is 10.1. The third kappa shape index (κ3) is 2.51. The summed E-state index contributed by atoms with van der Waals surface area (Å²) in [6.45, 7) is 1.79. The van der Waals surface area contributed by atoms with Crippen molar-refractivity contribution in [3.8, 4) is 5.75 Å².